The summed E-state index contributed by atoms with van der Waals surface area (Å²) in [4.78, 5) is 12.3. The van der Waals surface area contributed by atoms with Crippen LogP contribution in [0.25, 0.3) is 0 Å². The molecule has 1 fully saturated rings. The Labute approximate surface area is 125 Å². The summed E-state index contributed by atoms with van der Waals surface area (Å²) in [6, 6.07) is 8.18. The van der Waals surface area contributed by atoms with Crippen molar-refractivity contribution in [1.82, 2.24) is 10.6 Å². The van der Waals surface area contributed by atoms with Gasteiger partial charge in [-0.1, -0.05) is 24.3 Å². The average molecular weight is 288 g/mol. The number of nitrogens with one attached hydrogen (secondary N) is 2. The fourth-order valence-corrected chi connectivity index (χ4v) is 3.36. The minimum atomic E-state index is -0.131. The predicted molar refractivity (Wildman–Crippen MR) is 81.7 cm³/mol. The van der Waals surface area contributed by atoms with Gasteiger partial charge >= 0.3 is 0 Å². The van der Waals surface area contributed by atoms with Crippen LogP contribution in [0.5, 0.6) is 0 Å². The molecule has 1 unspecified atom stereocenters. The molecule has 0 radical (unpaired) electrons. The van der Waals surface area contributed by atoms with Crippen LogP contribution in [0.4, 0.5) is 0 Å². The third-order valence-corrected chi connectivity index (χ3v) is 4.78. The van der Waals surface area contributed by atoms with Crippen molar-refractivity contribution < 1.29 is 9.90 Å². The molecule has 114 valence electrons. The standard InChI is InChI=1S/C17H24N2O2/c20-15-7-5-12(6-8-15)10-19-17(21)16-9-13-3-1-2-4-14(13)11-18-16/h1-4,12,15-16,18,20H,5-11H2,(H,19,21). The zero-order chi connectivity index (χ0) is 14.7. The lowest BCUT2D eigenvalue weighted by atomic mass is 9.87. The van der Waals surface area contributed by atoms with E-state index in [1.165, 1.54) is 11.1 Å². The lowest BCUT2D eigenvalue weighted by Gasteiger charge is -2.28. The van der Waals surface area contributed by atoms with Gasteiger partial charge in [0.2, 0.25) is 5.91 Å². The third-order valence-electron chi connectivity index (χ3n) is 4.78. The molecule has 3 rings (SSSR count). The van der Waals surface area contributed by atoms with Crippen LogP contribution in [-0.4, -0.2) is 29.7 Å². The number of carbonyl (C=O) groups excluding carboxylic acids is 1. The number of aliphatic hydroxyl groups excluding tert-OH is 1. The Balaban J connectivity index is 1.48. The zero-order valence-corrected chi connectivity index (χ0v) is 12.3. The van der Waals surface area contributed by atoms with Crippen molar-refractivity contribution in [1.29, 1.82) is 0 Å². The van der Waals surface area contributed by atoms with Gasteiger partial charge in [-0.2, -0.15) is 0 Å². The van der Waals surface area contributed by atoms with E-state index in [-0.39, 0.29) is 18.1 Å². The molecule has 0 spiro atoms. The Kier molecular flexibility index (Phi) is 4.56. The maximum Gasteiger partial charge on any atom is 0.237 e. The molecule has 1 heterocycles. The van der Waals surface area contributed by atoms with E-state index in [0.717, 1.165) is 45.2 Å². The molecule has 1 aromatic rings. The summed E-state index contributed by atoms with van der Waals surface area (Å²) in [5.74, 6) is 0.629. The maximum absolute atomic E-state index is 12.3. The Morgan fingerprint density at radius 1 is 1.19 bits per heavy atom. The van der Waals surface area contributed by atoms with Gasteiger partial charge in [0, 0.05) is 13.1 Å². The van der Waals surface area contributed by atoms with E-state index in [2.05, 4.69) is 22.8 Å². The molecule has 1 saturated carbocycles. The molecule has 3 N–H and O–H groups in total. The van der Waals surface area contributed by atoms with Crippen molar-refractivity contribution in [3.8, 4) is 0 Å². The molecule has 4 heteroatoms. The van der Waals surface area contributed by atoms with Gasteiger partial charge in [0.1, 0.15) is 0 Å². The normalized spacial score (nSPS) is 28.7. The van der Waals surface area contributed by atoms with Crippen LogP contribution in [0.3, 0.4) is 0 Å². The van der Waals surface area contributed by atoms with Gasteiger partial charge in [0.15, 0.2) is 0 Å². The highest BCUT2D eigenvalue weighted by Crippen LogP contribution is 2.23. The molecule has 21 heavy (non-hydrogen) atoms. The first-order valence-corrected chi connectivity index (χ1v) is 7.98. The molecule has 1 atom stereocenters. The van der Waals surface area contributed by atoms with E-state index in [1.54, 1.807) is 0 Å². The summed E-state index contributed by atoms with van der Waals surface area (Å²) in [5, 5.41) is 15.9. The van der Waals surface area contributed by atoms with Gasteiger partial charge in [-0.3, -0.25) is 4.79 Å². The van der Waals surface area contributed by atoms with E-state index >= 15 is 0 Å². The molecule has 4 nitrogen and oxygen atoms in total. The van der Waals surface area contributed by atoms with Crippen molar-refractivity contribution in [2.24, 2.45) is 5.92 Å². The second-order valence-electron chi connectivity index (χ2n) is 6.33. The topological polar surface area (TPSA) is 61.4 Å². The van der Waals surface area contributed by atoms with E-state index in [4.69, 9.17) is 0 Å². The molecular weight excluding hydrogens is 264 g/mol. The number of carbonyl (C=O) groups is 1. The summed E-state index contributed by atoms with van der Waals surface area (Å²) < 4.78 is 0. The lowest BCUT2D eigenvalue weighted by Crippen LogP contribution is -2.48. The number of amides is 1. The second kappa shape index (κ2) is 6.58. The van der Waals surface area contributed by atoms with Crippen LogP contribution >= 0.6 is 0 Å². The van der Waals surface area contributed by atoms with E-state index in [9.17, 15) is 9.90 Å². The Bertz CT molecular complexity index is 495. The van der Waals surface area contributed by atoms with E-state index in [0.29, 0.717) is 5.92 Å². The van der Waals surface area contributed by atoms with E-state index in [1.807, 2.05) is 12.1 Å². The summed E-state index contributed by atoms with van der Waals surface area (Å²) in [5.41, 5.74) is 2.57. The number of rotatable bonds is 3. The first-order chi connectivity index (χ1) is 10.2. The van der Waals surface area contributed by atoms with Gasteiger partial charge in [-0.15, -0.1) is 0 Å². The van der Waals surface area contributed by atoms with Gasteiger partial charge in [-0.25, -0.2) is 0 Å². The Hall–Kier alpha value is -1.39. The highest BCUT2D eigenvalue weighted by Gasteiger charge is 2.25. The second-order valence-corrected chi connectivity index (χ2v) is 6.33. The van der Waals surface area contributed by atoms with Crippen LogP contribution in [0.15, 0.2) is 24.3 Å². The quantitative estimate of drug-likeness (QED) is 0.787. The molecule has 0 bridgehead atoms. The monoisotopic (exact) mass is 288 g/mol. The minimum Gasteiger partial charge on any atom is -0.393 e. The van der Waals surface area contributed by atoms with E-state index < -0.39 is 0 Å². The van der Waals surface area contributed by atoms with Crippen LogP contribution < -0.4 is 10.6 Å². The van der Waals surface area contributed by atoms with Gasteiger partial charge in [-0.05, 0) is 49.1 Å². The van der Waals surface area contributed by atoms with Crippen molar-refractivity contribution in [2.45, 2.75) is 50.8 Å². The molecule has 1 amide bonds. The number of benzene rings is 1. The highest BCUT2D eigenvalue weighted by molar-refractivity contribution is 5.82. The summed E-state index contributed by atoms with van der Waals surface area (Å²) >= 11 is 0. The highest BCUT2D eigenvalue weighted by atomic mass is 16.3. The molecule has 1 aromatic carbocycles. The Morgan fingerprint density at radius 2 is 1.90 bits per heavy atom. The first kappa shape index (κ1) is 14.5. The largest absolute Gasteiger partial charge is 0.393 e. The van der Waals surface area contributed by atoms with Crippen molar-refractivity contribution in [3.05, 3.63) is 35.4 Å². The smallest absolute Gasteiger partial charge is 0.237 e. The van der Waals surface area contributed by atoms with Gasteiger partial charge < -0.3 is 15.7 Å². The third kappa shape index (κ3) is 3.63. The van der Waals surface area contributed by atoms with Gasteiger partial charge in [0.25, 0.3) is 0 Å². The van der Waals surface area contributed by atoms with Crippen molar-refractivity contribution in [3.63, 3.8) is 0 Å². The summed E-state index contributed by atoms with van der Waals surface area (Å²) in [6.07, 6.45) is 4.41. The fraction of sp³-hybridized carbons (Fsp3) is 0.588. The summed E-state index contributed by atoms with van der Waals surface area (Å²) in [7, 11) is 0. The molecule has 2 aliphatic rings. The average Bonchev–Trinajstić information content (AvgIpc) is 2.53. The molecular formula is C17H24N2O2. The Morgan fingerprint density at radius 3 is 2.67 bits per heavy atom. The minimum absolute atomic E-state index is 0.107. The maximum atomic E-state index is 12.3. The molecule has 1 aliphatic carbocycles. The summed E-state index contributed by atoms with van der Waals surface area (Å²) in [6.45, 7) is 1.51. The fourth-order valence-electron chi connectivity index (χ4n) is 3.36. The number of aliphatic hydroxyl groups is 1. The van der Waals surface area contributed by atoms with Crippen LogP contribution in [0.1, 0.15) is 36.8 Å². The van der Waals surface area contributed by atoms with Crippen LogP contribution in [-0.2, 0) is 17.8 Å². The van der Waals surface area contributed by atoms with Crippen LogP contribution in [0, 0.1) is 5.92 Å². The first-order valence-electron chi connectivity index (χ1n) is 7.98. The molecule has 1 aliphatic heterocycles. The van der Waals surface area contributed by atoms with Gasteiger partial charge in [0.05, 0.1) is 12.1 Å². The number of hydrogen-bond donors (Lipinski definition) is 3. The van der Waals surface area contributed by atoms with Crippen molar-refractivity contribution in [2.75, 3.05) is 6.54 Å². The zero-order valence-electron chi connectivity index (χ0n) is 12.3. The molecule has 0 aromatic heterocycles. The lowest BCUT2D eigenvalue weighted by molar-refractivity contribution is -0.123. The SMILES string of the molecule is O=C(NCC1CCC(O)CC1)C1Cc2ccccc2CN1. The number of fused-ring (bicyclic) bond motifs is 1. The predicted octanol–water partition coefficient (Wildman–Crippen LogP) is 1.37. The van der Waals surface area contributed by atoms with Crippen LogP contribution in [0.2, 0.25) is 0 Å². The number of hydrogen-bond acceptors (Lipinski definition) is 3. The van der Waals surface area contributed by atoms with Crippen molar-refractivity contribution >= 4 is 5.91 Å². The molecule has 0 saturated heterocycles.